The Morgan fingerprint density at radius 1 is 1.31 bits per heavy atom. The minimum absolute atomic E-state index is 0.0168. The van der Waals surface area contributed by atoms with Gasteiger partial charge >= 0.3 is 6.03 Å². The van der Waals surface area contributed by atoms with Gasteiger partial charge in [-0.15, -0.1) is 0 Å². The van der Waals surface area contributed by atoms with Crippen molar-refractivity contribution in [2.45, 2.75) is 26.7 Å². The maximum absolute atomic E-state index is 11.7. The molecule has 0 aromatic rings. The number of amides is 3. The predicted molar refractivity (Wildman–Crippen MR) is 62.1 cm³/mol. The highest BCUT2D eigenvalue weighted by Gasteiger charge is 2.20. The number of nitrogens with zero attached hydrogens (tertiary/aromatic N) is 1. The van der Waals surface area contributed by atoms with Gasteiger partial charge in [-0.3, -0.25) is 4.79 Å². The Bertz CT molecular complexity index is 256. The highest BCUT2D eigenvalue weighted by Crippen LogP contribution is 2.14. The molecule has 5 heteroatoms. The molecule has 1 rings (SSSR count). The van der Waals surface area contributed by atoms with Gasteiger partial charge in [0.25, 0.3) is 0 Å². The summed E-state index contributed by atoms with van der Waals surface area (Å²) in [5.74, 6) is 0.524. The van der Waals surface area contributed by atoms with Gasteiger partial charge in [0.15, 0.2) is 0 Å². The molecule has 1 fully saturated rings. The van der Waals surface area contributed by atoms with Crippen molar-refractivity contribution in [2.24, 2.45) is 5.92 Å². The summed E-state index contributed by atoms with van der Waals surface area (Å²) in [6, 6.07) is -0.0168. The lowest BCUT2D eigenvalue weighted by molar-refractivity contribution is -0.118. The van der Waals surface area contributed by atoms with Crippen molar-refractivity contribution in [3.05, 3.63) is 0 Å². The molecule has 0 spiro atoms. The Balaban J connectivity index is 2.16. The molecule has 16 heavy (non-hydrogen) atoms. The number of hydrogen-bond donors (Lipinski definition) is 2. The van der Waals surface area contributed by atoms with Crippen molar-refractivity contribution in [3.63, 3.8) is 0 Å². The number of carbonyl (C=O) groups excluding carboxylic acids is 2. The summed E-state index contributed by atoms with van der Waals surface area (Å²) in [6.45, 7) is 6.29. The third kappa shape index (κ3) is 4.51. The van der Waals surface area contributed by atoms with Gasteiger partial charge < -0.3 is 15.5 Å². The first-order valence-corrected chi connectivity index (χ1v) is 5.87. The Hall–Kier alpha value is -1.26. The van der Waals surface area contributed by atoms with Crippen molar-refractivity contribution in [1.82, 2.24) is 15.5 Å². The van der Waals surface area contributed by atoms with Gasteiger partial charge in [-0.2, -0.15) is 0 Å². The van der Waals surface area contributed by atoms with E-state index in [2.05, 4.69) is 17.6 Å². The van der Waals surface area contributed by atoms with E-state index >= 15 is 0 Å². The Kier molecular flexibility index (Phi) is 5.08. The van der Waals surface area contributed by atoms with Gasteiger partial charge in [-0.1, -0.05) is 6.92 Å². The largest absolute Gasteiger partial charge is 0.355 e. The van der Waals surface area contributed by atoms with Crippen LogP contribution in [0.3, 0.4) is 0 Å². The zero-order valence-corrected chi connectivity index (χ0v) is 10.1. The minimum atomic E-state index is -0.0687. The van der Waals surface area contributed by atoms with Crippen LogP contribution in [0.2, 0.25) is 0 Å². The summed E-state index contributed by atoms with van der Waals surface area (Å²) >= 11 is 0. The quantitative estimate of drug-likeness (QED) is 0.692. The van der Waals surface area contributed by atoms with E-state index < -0.39 is 0 Å². The Morgan fingerprint density at radius 2 is 2.00 bits per heavy atom. The fourth-order valence-electron chi connectivity index (χ4n) is 1.89. The van der Waals surface area contributed by atoms with Crippen molar-refractivity contribution < 1.29 is 9.59 Å². The molecule has 1 aliphatic rings. The summed E-state index contributed by atoms with van der Waals surface area (Å²) in [4.78, 5) is 24.1. The summed E-state index contributed by atoms with van der Waals surface area (Å²) in [5.41, 5.74) is 0. The van der Waals surface area contributed by atoms with E-state index in [9.17, 15) is 9.59 Å². The molecule has 5 nitrogen and oxygen atoms in total. The molecule has 0 bridgehead atoms. The van der Waals surface area contributed by atoms with E-state index in [0.717, 1.165) is 19.5 Å². The normalized spacial score (nSPS) is 20.4. The highest BCUT2D eigenvalue weighted by molar-refractivity contribution is 5.75. The first-order chi connectivity index (χ1) is 7.59. The number of piperidine rings is 1. The number of likely N-dealkylation sites (tertiary alicyclic amines) is 1. The van der Waals surface area contributed by atoms with Crippen LogP contribution in [0.5, 0.6) is 0 Å². The molecule has 1 heterocycles. The number of urea groups is 1. The van der Waals surface area contributed by atoms with E-state index in [1.807, 2.05) is 4.90 Å². The van der Waals surface area contributed by atoms with Crippen LogP contribution in [-0.4, -0.2) is 43.0 Å². The van der Waals surface area contributed by atoms with Crippen molar-refractivity contribution >= 4 is 11.9 Å². The van der Waals surface area contributed by atoms with Gasteiger partial charge in [0.05, 0.1) is 0 Å². The fourth-order valence-corrected chi connectivity index (χ4v) is 1.89. The average Bonchev–Trinajstić information content (AvgIpc) is 2.24. The van der Waals surface area contributed by atoms with Gasteiger partial charge in [0.2, 0.25) is 5.91 Å². The van der Waals surface area contributed by atoms with Gasteiger partial charge in [-0.25, -0.2) is 4.79 Å². The second-order valence-electron chi connectivity index (χ2n) is 4.41. The Labute approximate surface area is 96.6 Å². The lowest BCUT2D eigenvalue weighted by Crippen LogP contribution is -2.46. The number of nitrogens with one attached hydrogen (secondary N) is 2. The van der Waals surface area contributed by atoms with Crippen LogP contribution in [0.1, 0.15) is 26.7 Å². The number of rotatable bonds is 3. The van der Waals surface area contributed by atoms with Crippen LogP contribution in [0.4, 0.5) is 4.79 Å². The zero-order chi connectivity index (χ0) is 12.0. The van der Waals surface area contributed by atoms with Crippen molar-refractivity contribution in [3.8, 4) is 0 Å². The molecule has 1 atom stereocenters. The molecular weight excluding hydrogens is 206 g/mol. The molecule has 0 radical (unpaired) electrons. The molecule has 2 N–H and O–H groups in total. The lowest BCUT2D eigenvalue weighted by atomic mass is 10.0. The average molecular weight is 227 g/mol. The van der Waals surface area contributed by atoms with Crippen molar-refractivity contribution in [2.75, 3.05) is 26.2 Å². The standard InChI is InChI=1S/C11H21N3O2/c1-9-4-3-7-14(8-9)11(16)13-6-5-12-10(2)15/h9H,3-8H2,1-2H3,(H,12,15)(H,13,16). The number of hydrogen-bond acceptors (Lipinski definition) is 2. The van der Waals surface area contributed by atoms with E-state index in [4.69, 9.17) is 0 Å². The monoisotopic (exact) mass is 227 g/mol. The van der Waals surface area contributed by atoms with E-state index in [-0.39, 0.29) is 11.9 Å². The molecule has 1 aliphatic heterocycles. The second kappa shape index (κ2) is 6.35. The molecule has 1 saturated heterocycles. The van der Waals surface area contributed by atoms with E-state index in [0.29, 0.717) is 19.0 Å². The van der Waals surface area contributed by atoms with Crippen LogP contribution in [0, 0.1) is 5.92 Å². The molecule has 3 amide bonds. The van der Waals surface area contributed by atoms with Crippen LogP contribution in [0.15, 0.2) is 0 Å². The smallest absolute Gasteiger partial charge is 0.317 e. The van der Waals surface area contributed by atoms with Gasteiger partial charge in [0.1, 0.15) is 0 Å². The fraction of sp³-hybridized carbons (Fsp3) is 0.818. The third-order valence-corrected chi connectivity index (χ3v) is 2.72. The summed E-state index contributed by atoms with van der Waals surface area (Å²) < 4.78 is 0. The van der Waals surface area contributed by atoms with E-state index in [1.165, 1.54) is 13.3 Å². The first-order valence-electron chi connectivity index (χ1n) is 5.87. The topological polar surface area (TPSA) is 61.4 Å². The summed E-state index contributed by atoms with van der Waals surface area (Å²) in [5, 5.41) is 5.44. The van der Waals surface area contributed by atoms with Gasteiger partial charge in [0, 0.05) is 33.1 Å². The third-order valence-electron chi connectivity index (χ3n) is 2.72. The predicted octanol–water partition coefficient (Wildman–Crippen LogP) is 0.564. The van der Waals surface area contributed by atoms with Crippen LogP contribution < -0.4 is 10.6 Å². The minimum Gasteiger partial charge on any atom is -0.355 e. The zero-order valence-electron chi connectivity index (χ0n) is 10.1. The van der Waals surface area contributed by atoms with Crippen LogP contribution in [0.25, 0.3) is 0 Å². The summed E-state index contributed by atoms with van der Waals surface area (Å²) in [7, 11) is 0. The number of carbonyl (C=O) groups is 2. The highest BCUT2D eigenvalue weighted by atomic mass is 16.2. The molecule has 0 saturated carbocycles. The van der Waals surface area contributed by atoms with Crippen LogP contribution >= 0.6 is 0 Å². The molecule has 0 aromatic carbocycles. The molecular formula is C11H21N3O2. The first kappa shape index (κ1) is 12.8. The Morgan fingerprint density at radius 3 is 2.62 bits per heavy atom. The molecule has 1 unspecified atom stereocenters. The maximum atomic E-state index is 11.7. The molecule has 0 aliphatic carbocycles. The maximum Gasteiger partial charge on any atom is 0.317 e. The lowest BCUT2D eigenvalue weighted by Gasteiger charge is -2.30. The van der Waals surface area contributed by atoms with Crippen LogP contribution in [-0.2, 0) is 4.79 Å². The van der Waals surface area contributed by atoms with E-state index in [1.54, 1.807) is 0 Å². The molecule has 92 valence electrons. The van der Waals surface area contributed by atoms with Gasteiger partial charge in [-0.05, 0) is 18.8 Å². The summed E-state index contributed by atoms with van der Waals surface area (Å²) in [6.07, 6.45) is 2.29. The molecule has 0 aromatic heterocycles. The SMILES string of the molecule is CC(=O)NCCNC(=O)N1CCCC(C)C1. The second-order valence-corrected chi connectivity index (χ2v) is 4.41. The van der Waals surface area contributed by atoms with Crippen molar-refractivity contribution in [1.29, 1.82) is 0 Å².